The van der Waals surface area contributed by atoms with Gasteiger partial charge in [0.2, 0.25) is 10.0 Å². The topological polar surface area (TPSA) is 83.5 Å². The number of sulfonamides is 1. The summed E-state index contributed by atoms with van der Waals surface area (Å²) in [7, 11) is -3.67. The highest BCUT2D eigenvalue weighted by Crippen LogP contribution is 2.17. The van der Waals surface area contributed by atoms with Gasteiger partial charge in [0.1, 0.15) is 0 Å². The Bertz CT molecular complexity index is 566. The van der Waals surface area contributed by atoms with Crippen molar-refractivity contribution in [2.45, 2.75) is 44.6 Å². The van der Waals surface area contributed by atoms with Gasteiger partial charge >= 0.3 is 5.97 Å². The molecule has 0 saturated heterocycles. The van der Waals surface area contributed by atoms with Gasteiger partial charge in [-0.15, -0.1) is 0 Å². The van der Waals surface area contributed by atoms with E-state index in [2.05, 4.69) is 4.72 Å². The van der Waals surface area contributed by atoms with Crippen molar-refractivity contribution in [3.8, 4) is 0 Å². The van der Waals surface area contributed by atoms with E-state index in [1.165, 1.54) is 12.1 Å². The predicted octanol–water partition coefficient (Wildman–Crippen LogP) is 2.02. The molecule has 1 unspecified atom stereocenters. The zero-order valence-corrected chi connectivity index (χ0v) is 12.1. The molecule has 0 radical (unpaired) electrons. The molecule has 2 N–H and O–H groups in total. The van der Waals surface area contributed by atoms with E-state index in [1.807, 2.05) is 13.8 Å². The van der Waals surface area contributed by atoms with Crippen molar-refractivity contribution in [3.63, 3.8) is 0 Å². The quantitative estimate of drug-likeness (QED) is 0.837. The lowest BCUT2D eigenvalue weighted by Crippen LogP contribution is -2.32. The molecule has 1 atom stereocenters. The molecule has 0 saturated carbocycles. The Morgan fingerprint density at radius 3 is 2.47 bits per heavy atom. The number of rotatable bonds is 6. The van der Waals surface area contributed by atoms with Crippen molar-refractivity contribution in [2.75, 3.05) is 0 Å². The van der Waals surface area contributed by atoms with Gasteiger partial charge in [-0.25, -0.2) is 17.9 Å². The summed E-state index contributed by atoms with van der Waals surface area (Å²) in [5.74, 6) is -1.11. The van der Waals surface area contributed by atoms with E-state index in [4.69, 9.17) is 5.11 Å². The van der Waals surface area contributed by atoms with Crippen molar-refractivity contribution in [2.24, 2.45) is 0 Å². The first-order chi connectivity index (χ1) is 8.81. The minimum atomic E-state index is -3.67. The Labute approximate surface area is 113 Å². The number of aryl methyl sites for hydroxylation is 1. The van der Waals surface area contributed by atoms with E-state index in [0.29, 0.717) is 18.4 Å². The van der Waals surface area contributed by atoms with Crippen LogP contribution in [0.5, 0.6) is 0 Å². The number of nitrogens with one attached hydrogen (secondary N) is 1. The van der Waals surface area contributed by atoms with Crippen molar-refractivity contribution in [1.29, 1.82) is 0 Å². The number of hydrogen-bond acceptors (Lipinski definition) is 3. The summed E-state index contributed by atoms with van der Waals surface area (Å²) in [6.07, 6.45) is 1.21. The molecule has 106 valence electrons. The minimum absolute atomic E-state index is 0.0117. The average molecular weight is 285 g/mol. The zero-order chi connectivity index (χ0) is 14.6. The van der Waals surface area contributed by atoms with Gasteiger partial charge in [0.05, 0.1) is 10.5 Å². The normalized spacial score (nSPS) is 13.2. The molecule has 5 nitrogen and oxygen atoms in total. The maximum Gasteiger partial charge on any atom is 0.336 e. The van der Waals surface area contributed by atoms with E-state index in [-0.39, 0.29) is 16.5 Å². The van der Waals surface area contributed by atoms with E-state index in [1.54, 1.807) is 13.0 Å². The van der Waals surface area contributed by atoms with Crippen LogP contribution >= 0.6 is 0 Å². The maximum atomic E-state index is 12.1. The second-order valence-corrected chi connectivity index (χ2v) is 6.12. The van der Waals surface area contributed by atoms with Gasteiger partial charge in [-0.1, -0.05) is 19.9 Å². The van der Waals surface area contributed by atoms with Gasteiger partial charge in [0.15, 0.2) is 0 Å². The van der Waals surface area contributed by atoms with Crippen molar-refractivity contribution in [3.05, 3.63) is 29.3 Å². The number of hydrogen-bond donors (Lipinski definition) is 2. The number of benzene rings is 1. The Morgan fingerprint density at radius 2 is 2.00 bits per heavy atom. The number of carboxylic acid groups (broad SMARTS) is 1. The molecule has 0 aromatic heterocycles. The Morgan fingerprint density at radius 1 is 1.37 bits per heavy atom. The van der Waals surface area contributed by atoms with Crippen LogP contribution in [0.3, 0.4) is 0 Å². The third kappa shape index (κ3) is 3.78. The first kappa shape index (κ1) is 15.7. The average Bonchev–Trinajstić information content (AvgIpc) is 2.37. The number of carboxylic acids is 1. The smallest absolute Gasteiger partial charge is 0.336 e. The Hall–Kier alpha value is -1.40. The second-order valence-electron chi connectivity index (χ2n) is 4.41. The molecule has 6 heteroatoms. The molecule has 1 aromatic carbocycles. The summed E-state index contributed by atoms with van der Waals surface area (Å²) < 4.78 is 26.6. The minimum Gasteiger partial charge on any atom is -0.478 e. The zero-order valence-electron chi connectivity index (χ0n) is 11.3. The molecule has 0 aliphatic heterocycles. The molecular formula is C13H19NO4S. The number of aromatic carboxylic acids is 1. The van der Waals surface area contributed by atoms with Crippen LogP contribution in [0.4, 0.5) is 0 Å². The molecule has 0 aliphatic rings. The fraction of sp³-hybridized carbons (Fsp3) is 0.462. The fourth-order valence-corrected chi connectivity index (χ4v) is 3.00. The van der Waals surface area contributed by atoms with E-state index in [0.717, 1.165) is 0 Å². The van der Waals surface area contributed by atoms with Crippen LogP contribution in [-0.4, -0.2) is 25.5 Å². The second kappa shape index (κ2) is 6.16. The fourth-order valence-electron chi connectivity index (χ4n) is 1.65. The highest BCUT2D eigenvalue weighted by molar-refractivity contribution is 7.89. The molecule has 0 bridgehead atoms. The molecule has 0 heterocycles. The Balaban J connectivity index is 3.22. The molecule has 0 spiro atoms. The molecule has 0 aliphatic carbocycles. The number of carbonyl (C=O) groups is 1. The summed E-state index contributed by atoms with van der Waals surface area (Å²) in [6.45, 7) is 5.46. The summed E-state index contributed by atoms with van der Waals surface area (Å²) >= 11 is 0. The van der Waals surface area contributed by atoms with Crippen LogP contribution in [-0.2, 0) is 16.4 Å². The third-order valence-corrected chi connectivity index (χ3v) is 4.56. The van der Waals surface area contributed by atoms with Crippen LogP contribution in [0.1, 0.15) is 43.1 Å². The first-order valence-electron chi connectivity index (χ1n) is 6.20. The van der Waals surface area contributed by atoms with Crippen molar-refractivity contribution in [1.82, 2.24) is 4.72 Å². The van der Waals surface area contributed by atoms with Gasteiger partial charge in [-0.3, -0.25) is 0 Å². The summed E-state index contributed by atoms with van der Waals surface area (Å²) in [5.41, 5.74) is 0.657. The highest BCUT2D eigenvalue weighted by Gasteiger charge is 2.19. The van der Waals surface area contributed by atoms with Gasteiger partial charge in [0, 0.05) is 6.04 Å². The SMILES string of the molecule is CCc1ccc(S(=O)(=O)NC(C)CC)cc1C(=O)O. The van der Waals surface area contributed by atoms with E-state index in [9.17, 15) is 13.2 Å². The lowest BCUT2D eigenvalue weighted by molar-refractivity contribution is 0.0695. The summed E-state index contributed by atoms with van der Waals surface area (Å²) in [5, 5.41) is 9.10. The maximum absolute atomic E-state index is 12.1. The van der Waals surface area contributed by atoms with Crippen LogP contribution in [0.2, 0.25) is 0 Å². The molecule has 0 amide bonds. The Kier molecular flexibility index (Phi) is 5.08. The summed E-state index contributed by atoms with van der Waals surface area (Å²) in [4.78, 5) is 11.1. The molecule has 19 heavy (non-hydrogen) atoms. The monoisotopic (exact) mass is 285 g/mol. The molecule has 1 rings (SSSR count). The standard InChI is InChI=1S/C13H19NO4S/c1-4-9(3)14-19(17,18)11-7-6-10(5-2)12(8-11)13(15)16/h6-9,14H,4-5H2,1-3H3,(H,15,16). The van der Waals surface area contributed by atoms with Gasteiger partial charge in [-0.2, -0.15) is 0 Å². The first-order valence-corrected chi connectivity index (χ1v) is 7.68. The van der Waals surface area contributed by atoms with Crippen LogP contribution in [0.25, 0.3) is 0 Å². The predicted molar refractivity (Wildman–Crippen MR) is 72.9 cm³/mol. The van der Waals surface area contributed by atoms with Gasteiger partial charge in [0.25, 0.3) is 0 Å². The van der Waals surface area contributed by atoms with E-state index >= 15 is 0 Å². The van der Waals surface area contributed by atoms with Crippen LogP contribution < -0.4 is 4.72 Å². The molecule has 1 aromatic rings. The van der Waals surface area contributed by atoms with Gasteiger partial charge in [-0.05, 0) is 37.5 Å². The van der Waals surface area contributed by atoms with Gasteiger partial charge < -0.3 is 5.11 Å². The third-order valence-electron chi connectivity index (χ3n) is 2.97. The van der Waals surface area contributed by atoms with Crippen molar-refractivity contribution < 1.29 is 18.3 Å². The van der Waals surface area contributed by atoms with Crippen molar-refractivity contribution >= 4 is 16.0 Å². The lowest BCUT2D eigenvalue weighted by Gasteiger charge is -2.13. The van der Waals surface area contributed by atoms with E-state index < -0.39 is 16.0 Å². The summed E-state index contributed by atoms with van der Waals surface area (Å²) in [6, 6.07) is 4.01. The highest BCUT2D eigenvalue weighted by atomic mass is 32.2. The largest absolute Gasteiger partial charge is 0.478 e. The molecular weight excluding hydrogens is 266 g/mol. The molecule has 0 fully saturated rings. The lowest BCUT2D eigenvalue weighted by atomic mass is 10.1. The van der Waals surface area contributed by atoms with Crippen LogP contribution in [0.15, 0.2) is 23.1 Å². The van der Waals surface area contributed by atoms with Crippen LogP contribution in [0, 0.1) is 0 Å².